The molecule has 0 fully saturated rings. The Morgan fingerprint density at radius 3 is 2.10 bits per heavy atom. The molecule has 0 aromatic heterocycles. The monoisotopic (exact) mass is 276 g/mol. The van der Waals surface area contributed by atoms with Crippen LogP contribution in [0.4, 0.5) is 0 Å². The third-order valence-electron chi connectivity index (χ3n) is 3.47. The van der Waals surface area contributed by atoms with Crippen molar-refractivity contribution in [3.05, 3.63) is 34.9 Å². The van der Waals surface area contributed by atoms with Gasteiger partial charge in [0.1, 0.15) is 0 Å². The lowest BCUT2D eigenvalue weighted by Crippen LogP contribution is -2.44. The molecule has 0 saturated heterocycles. The van der Waals surface area contributed by atoms with Gasteiger partial charge in [0.25, 0.3) is 0 Å². The summed E-state index contributed by atoms with van der Waals surface area (Å²) in [5.41, 5.74) is 3.75. The number of amides is 1. The van der Waals surface area contributed by atoms with E-state index in [-0.39, 0.29) is 18.0 Å². The molecule has 3 heteroatoms. The second-order valence-corrected chi connectivity index (χ2v) is 6.11. The number of aryl methyl sites for hydroxylation is 2. The van der Waals surface area contributed by atoms with E-state index in [1.165, 1.54) is 16.7 Å². The summed E-state index contributed by atoms with van der Waals surface area (Å²) in [5.74, 6) is 0.547. The van der Waals surface area contributed by atoms with E-state index in [1.54, 1.807) is 7.05 Å². The zero-order chi connectivity index (χ0) is 15.3. The van der Waals surface area contributed by atoms with Crippen molar-refractivity contribution >= 4 is 5.91 Å². The number of hydrogen-bond acceptors (Lipinski definition) is 2. The van der Waals surface area contributed by atoms with E-state index >= 15 is 0 Å². The molecular weight excluding hydrogens is 248 g/mol. The number of likely N-dealkylation sites (N-methyl/N-ethyl adjacent to an activating group) is 1. The maximum absolute atomic E-state index is 12.0. The summed E-state index contributed by atoms with van der Waals surface area (Å²) in [7, 11) is 1.69. The largest absolute Gasteiger partial charge is 0.358 e. The lowest BCUT2D eigenvalue weighted by molar-refractivity contribution is -0.123. The van der Waals surface area contributed by atoms with Gasteiger partial charge in [-0.3, -0.25) is 10.1 Å². The predicted octanol–water partition coefficient (Wildman–Crippen LogP) is 3.11. The molecule has 1 aromatic rings. The Bertz CT molecular complexity index is 434. The fourth-order valence-electron chi connectivity index (χ4n) is 2.55. The second-order valence-electron chi connectivity index (χ2n) is 6.11. The zero-order valence-electron chi connectivity index (χ0n) is 13.6. The molecule has 0 spiro atoms. The van der Waals surface area contributed by atoms with Gasteiger partial charge in [0, 0.05) is 13.1 Å². The fourth-order valence-corrected chi connectivity index (χ4v) is 2.55. The van der Waals surface area contributed by atoms with E-state index in [2.05, 4.69) is 63.5 Å². The van der Waals surface area contributed by atoms with Gasteiger partial charge in [0.15, 0.2) is 0 Å². The Labute approximate surface area is 123 Å². The Balaban J connectivity index is 2.83. The molecule has 2 N–H and O–H groups in total. The quantitative estimate of drug-likeness (QED) is 0.838. The normalized spacial score (nSPS) is 14.2. The Morgan fingerprint density at radius 2 is 1.65 bits per heavy atom. The van der Waals surface area contributed by atoms with Gasteiger partial charge < -0.3 is 5.32 Å². The van der Waals surface area contributed by atoms with Crippen LogP contribution in [-0.2, 0) is 4.79 Å². The van der Waals surface area contributed by atoms with Crippen LogP contribution in [0.1, 0.15) is 49.9 Å². The first-order valence-electron chi connectivity index (χ1n) is 7.39. The summed E-state index contributed by atoms with van der Waals surface area (Å²) in [6.45, 7) is 10.6. The van der Waals surface area contributed by atoms with Gasteiger partial charge in [0.05, 0.1) is 6.04 Å². The zero-order valence-corrected chi connectivity index (χ0v) is 13.6. The van der Waals surface area contributed by atoms with Gasteiger partial charge in [-0.05, 0) is 38.7 Å². The minimum absolute atomic E-state index is 0.0647. The van der Waals surface area contributed by atoms with Crippen LogP contribution in [-0.4, -0.2) is 19.0 Å². The van der Waals surface area contributed by atoms with E-state index in [0.717, 1.165) is 6.42 Å². The summed E-state index contributed by atoms with van der Waals surface area (Å²) in [5, 5.41) is 6.21. The molecule has 0 aliphatic carbocycles. The van der Waals surface area contributed by atoms with Gasteiger partial charge in [-0.15, -0.1) is 0 Å². The van der Waals surface area contributed by atoms with E-state index < -0.39 is 0 Å². The van der Waals surface area contributed by atoms with Crippen molar-refractivity contribution in [3.63, 3.8) is 0 Å². The van der Waals surface area contributed by atoms with Crippen LogP contribution in [0.15, 0.2) is 18.2 Å². The molecule has 0 heterocycles. The molecule has 2 unspecified atom stereocenters. The number of carbonyl (C=O) groups is 1. The van der Waals surface area contributed by atoms with Crippen molar-refractivity contribution in [2.24, 2.45) is 5.92 Å². The average molecular weight is 276 g/mol. The second kappa shape index (κ2) is 7.44. The molecule has 1 amide bonds. The van der Waals surface area contributed by atoms with Crippen LogP contribution in [0, 0.1) is 19.8 Å². The van der Waals surface area contributed by atoms with Crippen molar-refractivity contribution in [1.82, 2.24) is 10.6 Å². The molecule has 0 aliphatic rings. The molecule has 112 valence electrons. The number of carbonyl (C=O) groups excluding carboxylic acids is 1. The van der Waals surface area contributed by atoms with Crippen molar-refractivity contribution in [2.45, 2.75) is 53.1 Å². The molecular formula is C17H28N2O. The maximum Gasteiger partial charge on any atom is 0.236 e. The topological polar surface area (TPSA) is 41.1 Å². The number of nitrogens with one attached hydrogen (secondary N) is 2. The molecule has 0 saturated carbocycles. The van der Waals surface area contributed by atoms with Crippen molar-refractivity contribution in [3.8, 4) is 0 Å². The molecule has 1 aromatic carbocycles. The minimum Gasteiger partial charge on any atom is -0.358 e. The van der Waals surface area contributed by atoms with Crippen LogP contribution < -0.4 is 10.6 Å². The van der Waals surface area contributed by atoms with Crippen molar-refractivity contribution in [1.29, 1.82) is 0 Å². The first-order chi connectivity index (χ1) is 9.33. The first kappa shape index (κ1) is 16.7. The highest BCUT2D eigenvalue weighted by molar-refractivity contribution is 5.81. The van der Waals surface area contributed by atoms with E-state index in [0.29, 0.717) is 5.92 Å². The Morgan fingerprint density at radius 1 is 1.10 bits per heavy atom. The van der Waals surface area contributed by atoms with Crippen LogP contribution in [0.25, 0.3) is 0 Å². The predicted molar refractivity (Wildman–Crippen MR) is 84.8 cm³/mol. The molecule has 0 radical (unpaired) electrons. The summed E-state index contributed by atoms with van der Waals surface area (Å²) >= 11 is 0. The molecule has 3 nitrogen and oxygen atoms in total. The standard InChI is InChI=1S/C17H28N2O/c1-11(2)7-16(17(20)18-6)19-14(5)15-9-12(3)8-13(4)10-15/h8-11,14,16,19H,7H2,1-6H3,(H,18,20). The van der Waals surface area contributed by atoms with Crippen LogP contribution in [0.3, 0.4) is 0 Å². The van der Waals surface area contributed by atoms with Crippen LogP contribution in [0.2, 0.25) is 0 Å². The molecule has 20 heavy (non-hydrogen) atoms. The van der Waals surface area contributed by atoms with Gasteiger partial charge in [-0.25, -0.2) is 0 Å². The Hall–Kier alpha value is -1.35. The lowest BCUT2D eigenvalue weighted by Gasteiger charge is -2.24. The molecule has 0 aliphatic heterocycles. The highest BCUT2D eigenvalue weighted by atomic mass is 16.2. The molecule has 0 bridgehead atoms. The van der Waals surface area contributed by atoms with Crippen molar-refractivity contribution in [2.75, 3.05) is 7.05 Å². The third kappa shape index (κ3) is 4.97. The summed E-state index contributed by atoms with van der Waals surface area (Å²) in [4.78, 5) is 12.0. The summed E-state index contributed by atoms with van der Waals surface area (Å²) in [6.07, 6.45) is 0.842. The molecule has 1 rings (SSSR count). The van der Waals surface area contributed by atoms with E-state index in [9.17, 15) is 4.79 Å². The van der Waals surface area contributed by atoms with Gasteiger partial charge >= 0.3 is 0 Å². The van der Waals surface area contributed by atoms with Crippen LogP contribution >= 0.6 is 0 Å². The van der Waals surface area contributed by atoms with Gasteiger partial charge in [0.2, 0.25) is 5.91 Å². The third-order valence-corrected chi connectivity index (χ3v) is 3.47. The number of hydrogen-bond donors (Lipinski definition) is 2. The average Bonchev–Trinajstić information content (AvgIpc) is 2.35. The summed E-state index contributed by atoms with van der Waals surface area (Å²) in [6, 6.07) is 6.55. The minimum atomic E-state index is -0.143. The Kier molecular flexibility index (Phi) is 6.21. The van der Waals surface area contributed by atoms with Gasteiger partial charge in [-0.2, -0.15) is 0 Å². The van der Waals surface area contributed by atoms with E-state index in [4.69, 9.17) is 0 Å². The highest BCUT2D eigenvalue weighted by Crippen LogP contribution is 2.18. The maximum atomic E-state index is 12.0. The van der Waals surface area contributed by atoms with Gasteiger partial charge in [-0.1, -0.05) is 43.2 Å². The number of rotatable bonds is 6. The smallest absolute Gasteiger partial charge is 0.236 e. The van der Waals surface area contributed by atoms with Crippen molar-refractivity contribution < 1.29 is 4.79 Å². The highest BCUT2D eigenvalue weighted by Gasteiger charge is 2.21. The lowest BCUT2D eigenvalue weighted by atomic mass is 9.99. The SMILES string of the molecule is CNC(=O)C(CC(C)C)NC(C)c1cc(C)cc(C)c1. The van der Waals surface area contributed by atoms with Crippen LogP contribution in [0.5, 0.6) is 0 Å². The summed E-state index contributed by atoms with van der Waals surface area (Å²) < 4.78 is 0. The fraction of sp³-hybridized carbons (Fsp3) is 0.588. The molecule has 2 atom stereocenters. The van der Waals surface area contributed by atoms with E-state index in [1.807, 2.05) is 0 Å². The first-order valence-corrected chi connectivity index (χ1v) is 7.39. The number of benzene rings is 1.